The van der Waals surface area contributed by atoms with E-state index < -0.39 is 95.1 Å². The van der Waals surface area contributed by atoms with E-state index in [0.29, 0.717) is 37.7 Å². The average molecular weight is 643 g/mol. The normalized spacial score (nSPS) is 48.9. The smallest absolute Gasteiger partial charge is 0.187 e. The van der Waals surface area contributed by atoms with E-state index in [4.69, 9.17) is 9.47 Å². The Labute approximate surface area is 264 Å². The van der Waals surface area contributed by atoms with Crippen molar-refractivity contribution in [3.63, 3.8) is 0 Å². The molecule has 9 N–H and O–H groups in total. The fourth-order valence-electron chi connectivity index (χ4n) is 9.81. The maximum absolute atomic E-state index is 13.9. The topological polar surface area (TPSA) is 218 Å². The lowest BCUT2D eigenvalue weighted by atomic mass is 9.45. The molecular formula is C33H54O12. The second-order valence-electron chi connectivity index (χ2n) is 16.0. The number of carbonyl (C=O) groups is 1. The fraction of sp³-hybridized carbons (Fsp3) is 0.909. The summed E-state index contributed by atoms with van der Waals surface area (Å²) >= 11 is 0. The largest absolute Gasteiger partial charge is 0.394 e. The number of carbonyl (C=O) groups excluding carboxylic acids is 1. The van der Waals surface area contributed by atoms with Crippen molar-refractivity contribution in [2.45, 2.75) is 152 Å². The number of rotatable bonds is 8. The second kappa shape index (κ2) is 11.8. The highest BCUT2D eigenvalue weighted by molar-refractivity contribution is 5.95. The summed E-state index contributed by atoms with van der Waals surface area (Å²) in [5, 5.41) is 97.1. The number of ether oxygens (including phenoxy) is 2. The molecular weight excluding hydrogens is 588 g/mol. The Kier molecular flexibility index (Phi) is 9.28. The summed E-state index contributed by atoms with van der Waals surface area (Å²) in [6, 6.07) is 0. The zero-order chi connectivity index (χ0) is 33.5. The maximum Gasteiger partial charge on any atom is 0.187 e. The van der Waals surface area contributed by atoms with Crippen LogP contribution in [0.4, 0.5) is 0 Å². The third-order valence-electron chi connectivity index (χ3n) is 12.7. The molecule has 0 radical (unpaired) electrons. The lowest BCUT2D eigenvalue weighted by Crippen LogP contribution is -2.64. The van der Waals surface area contributed by atoms with Gasteiger partial charge >= 0.3 is 0 Å². The molecule has 1 heterocycles. The first-order chi connectivity index (χ1) is 20.7. The molecule has 3 saturated carbocycles. The van der Waals surface area contributed by atoms with Crippen LogP contribution in [-0.2, 0) is 14.3 Å². The monoisotopic (exact) mass is 642 g/mol. The average Bonchev–Trinajstić information content (AvgIpc) is 3.24. The van der Waals surface area contributed by atoms with Crippen LogP contribution in [0.2, 0.25) is 0 Å². The molecule has 5 rings (SSSR count). The molecule has 5 aliphatic rings. The Balaban J connectivity index is 1.37. The number of hydrogen-bond donors (Lipinski definition) is 9. The van der Waals surface area contributed by atoms with Crippen molar-refractivity contribution in [2.75, 3.05) is 6.61 Å². The van der Waals surface area contributed by atoms with Gasteiger partial charge in [0.05, 0.1) is 41.7 Å². The van der Waals surface area contributed by atoms with Crippen LogP contribution in [0.15, 0.2) is 11.6 Å². The maximum atomic E-state index is 13.9. The first kappa shape index (κ1) is 35.3. The lowest BCUT2D eigenvalue weighted by molar-refractivity contribution is -0.322. The fourth-order valence-corrected chi connectivity index (χ4v) is 9.81. The van der Waals surface area contributed by atoms with Crippen molar-refractivity contribution < 1.29 is 60.2 Å². The zero-order valence-electron chi connectivity index (χ0n) is 27.0. The number of ketones is 1. The molecule has 2 unspecified atom stereocenters. The molecule has 1 aliphatic heterocycles. The number of hydrogen-bond acceptors (Lipinski definition) is 12. The SMILES string of the molecule is CC(C)(O)CCC(O)[C@](C)(O)[C@H]1CC[C@@]2(O)C3=CC(=O)[C@@H]4C[C@H](OC5O[C@H](CO)[C@H](O)[C@H](O)[C@H]5O)[C@@H](O)C[C@]4(C)[C@H]3CC[C@]12C. The van der Waals surface area contributed by atoms with Crippen molar-refractivity contribution in [3.05, 3.63) is 11.6 Å². The van der Waals surface area contributed by atoms with E-state index in [9.17, 15) is 50.8 Å². The molecule has 258 valence electrons. The van der Waals surface area contributed by atoms with E-state index in [1.165, 1.54) is 0 Å². The predicted octanol–water partition coefficient (Wildman–Crippen LogP) is -0.322. The lowest BCUT2D eigenvalue weighted by Gasteiger charge is -2.61. The van der Waals surface area contributed by atoms with Gasteiger partial charge in [0.25, 0.3) is 0 Å². The Morgan fingerprint density at radius 2 is 1.69 bits per heavy atom. The van der Waals surface area contributed by atoms with Crippen molar-refractivity contribution in [3.8, 4) is 0 Å². The molecule has 1 saturated heterocycles. The van der Waals surface area contributed by atoms with Crippen molar-refractivity contribution in [2.24, 2.45) is 28.6 Å². The molecule has 0 aromatic carbocycles. The third kappa shape index (κ3) is 5.65. The second-order valence-corrected chi connectivity index (χ2v) is 16.0. The molecule has 12 heteroatoms. The van der Waals surface area contributed by atoms with Gasteiger partial charge in [-0.05, 0) is 101 Å². The molecule has 15 atom stereocenters. The summed E-state index contributed by atoms with van der Waals surface area (Å²) in [6.07, 6.45) is -6.38. The van der Waals surface area contributed by atoms with E-state index in [2.05, 4.69) is 0 Å². The molecule has 0 bridgehead atoms. The van der Waals surface area contributed by atoms with Crippen LogP contribution in [0.25, 0.3) is 0 Å². The Bertz CT molecular complexity index is 1150. The number of aliphatic hydroxyl groups is 9. The Morgan fingerprint density at radius 1 is 1.02 bits per heavy atom. The van der Waals surface area contributed by atoms with E-state index in [1.807, 2.05) is 13.8 Å². The standard InChI is InChI=1S/C33H54O12/c1-29(2,41)9-8-24(37)32(5,42)23-7-11-33(43)17-12-19(35)18-13-21(44-28-27(40)26(39)25(38)22(15-34)45-28)20(36)14-30(18,3)16(17)6-10-31(23,33)4/h12,16,18,20-28,34,36-43H,6-11,13-15H2,1-5H3/t16-,18-,20-,21-,22+,23-,24?,25-,26-,27+,28?,30+,31+,32+,33+/m0/s1. The minimum atomic E-state index is -1.64. The van der Waals surface area contributed by atoms with E-state index in [-0.39, 0.29) is 31.0 Å². The van der Waals surface area contributed by atoms with E-state index in [0.717, 1.165) is 0 Å². The molecule has 0 aromatic heterocycles. The van der Waals surface area contributed by atoms with Crippen LogP contribution in [0, 0.1) is 28.6 Å². The molecule has 45 heavy (non-hydrogen) atoms. The van der Waals surface area contributed by atoms with Gasteiger partial charge in [-0.15, -0.1) is 0 Å². The van der Waals surface area contributed by atoms with Gasteiger partial charge < -0.3 is 55.4 Å². The van der Waals surface area contributed by atoms with E-state index in [1.54, 1.807) is 26.8 Å². The molecule has 0 amide bonds. The van der Waals surface area contributed by atoms with Crippen LogP contribution in [-0.4, -0.2) is 124 Å². The molecule has 12 nitrogen and oxygen atoms in total. The summed E-state index contributed by atoms with van der Waals surface area (Å²) in [6.45, 7) is 8.16. The van der Waals surface area contributed by atoms with Gasteiger partial charge in [-0.3, -0.25) is 4.79 Å². The summed E-state index contributed by atoms with van der Waals surface area (Å²) in [5.74, 6) is -1.48. The first-order valence-corrected chi connectivity index (χ1v) is 16.5. The number of aliphatic hydroxyl groups excluding tert-OH is 6. The van der Waals surface area contributed by atoms with Crippen molar-refractivity contribution >= 4 is 5.78 Å². The first-order valence-electron chi connectivity index (χ1n) is 16.5. The molecule has 0 spiro atoms. The van der Waals surface area contributed by atoms with Crippen LogP contribution in [0.3, 0.4) is 0 Å². The van der Waals surface area contributed by atoms with Gasteiger partial charge in [0.15, 0.2) is 12.1 Å². The van der Waals surface area contributed by atoms with Crippen LogP contribution < -0.4 is 0 Å². The van der Waals surface area contributed by atoms with Gasteiger partial charge in [-0.25, -0.2) is 0 Å². The van der Waals surface area contributed by atoms with Gasteiger partial charge in [-0.2, -0.15) is 0 Å². The molecule has 0 aromatic rings. The Hall–Kier alpha value is -1.03. The predicted molar refractivity (Wildman–Crippen MR) is 159 cm³/mol. The molecule has 4 aliphatic carbocycles. The van der Waals surface area contributed by atoms with Crippen molar-refractivity contribution in [1.29, 1.82) is 0 Å². The van der Waals surface area contributed by atoms with Crippen LogP contribution >= 0.6 is 0 Å². The molecule has 4 fully saturated rings. The number of allylic oxidation sites excluding steroid dienone is 1. The number of fused-ring (bicyclic) bond motifs is 5. The highest BCUT2D eigenvalue weighted by Crippen LogP contribution is 2.68. The highest BCUT2D eigenvalue weighted by atomic mass is 16.7. The van der Waals surface area contributed by atoms with Crippen LogP contribution in [0.5, 0.6) is 0 Å². The quantitative estimate of drug-likeness (QED) is 0.166. The van der Waals surface area contributed by atoms with Gasteiger partial charge in [0.2, 0.25) is 0 Å². The van der Waals surface area contributed by atoms with Gasteiger partial charge in [-0.1, -0.05) is 13.8 Å². The summed E-state index contributed by atoms with van der Waals surface area (Å²) < 4.78 is 11.4. The minimum absolute atomic E-state index is 0.103. The third-order valence-corrected chi connectivity index (χ3v) is 12.7. The van der Waals surface area contributed by atoms with E-state index >= 15 is 0 Å². The zero-order valence-corrected chi connectivity index (χ0v) is 27.0. The summed E-state index contributed by atoms with van der Waals surface area (Å²) in [5.41, 5.74) is -4.89. The minimum Gasteiger partial charge on any atom is -0.394 e. The van der Waals surface area contributed by atoms with Gasteiger partial charge in [0, 0.05) is 11.3 Å². The summed E-state index contributed by atoms with van der Waals surface area (Å²) in [4.78, 5) is 13.9. The van der Waals surface area contributed by atoms with Crippen LogP contribution in [0.1, 0.15) is 86.0 Å². The highest BCUT2D eigenvalue weighted by Gasteiger charge is 2.69. The Morgan fingerprint density at radius 3 is 2.31 bits per heavy atom. The summed E-state index contributed by atoms with van der Waals surface area (Å²) in [7, 11) is 0. The van der Waals surface area contributed by atoms with Gasteiger partial charge in [0.1, 0.15) is 24.4 Å². The van der Waals surface area contributed by atoms with Crippen molar-refractivity contribution in [1.82, 2.24) is 0 Å².